The van der Waals surface area contributed by atoms with Crippen molar-refractivity contribution in [3.8, 4) is 0 Å². The lowest BCUT2D eigenvalue weighted by atomic mass is 9.75. The van der Waals surface area contributed by atoms with E-state index in [4.69, 9.17) is 0 Å². The van der Waals surface area contributed by atoms with Gasteiger partial charge in [-0.15, -0.1) is 11.3 Å². The molecule has 1 heterocycles. The molecule has 0 saturated heterocycles. The van der Waals surface area contributed by atoms with E-state index >= 15 is 0 Å². The van der Waals surface area contributed by atoms with Crippen LogP contribution in [0, 0.1) is 18.8 Å². The molecular formula is C14H20OS. The van der Waals surface area contributed by atoms with Crippen LogP contribution in [0.2, 0.25) is 0 Å². The minimum Gasteiger partial charge on any atom is -0.293 e. The molecule has 1 aliphatic rings. The first kappa shape index (κ1) is 11.8. The first-order valence-corrected chi connectivity index (χ1v) is 7.14. The second kappa shape index (κ2) is 5.13. The molecule has 0 radical (unpaired) electrons. The lowest BCUT2D eigenvalue weighted by Gasteiger charge is -2.29. The Hall–Kier alpha value is -0.630. The van der Waals surface area contributed by atoms with Crippen molar-refractivity contribution < 1.29 is 4.79 Å². The van der Waals surface area contributed by atoms with Gasteiger partial charge in [0.1, 0.15) is 0 Å². The summed E-state index contributed by atoms with van der Waals surface area (Å²) < 4.78 is 0. The highest BCUT2D eigenvalue weighted by Crippen LogP contribution is 2.35. The Kier molecular flexibility index (Phi) is 3.80. The number of Topliss-reactive ketones (excluding diaryl/α,β-unsaturated/α-hetero) is 1. The SMILES string of the molecule is CCC1CCCCC1C(=O)c1ccc(C)s1. The van der Waals surface area contributed by atoms with Crippen LogP contribution < -0.4 is 0 Å². The van der Waals surface area contributed by atoms with Crippen LogP contribution in [0.25, 0.3) is 0 Å². The fraction of sp³-hybridized carbons (Fsp3) is 0.643. The molecule has 2 heteroatoms. The van der Waals surface area contributed by atoms with E-state index in [0.717, 1.165) is 17.7 Å². The molecule has 2 unspecified atom stereocenters. The molecule has 2 atom stereocenters. The Balaban J connectivity index is 2.13. The van der Waals surface area contributed by atoms with Gasteiger partial charge < -0.3 is 0 Å². The third-order valence-corrected chi connectivity index (χ3v) is 4.77. The molecule has 16 heavy (non-hydrogen) atoms. The van der Waals surface area contributed by atoms with Crippen molar-refractivity contribution in [2.24, 2.45) is 11.8 Å². The quantitative estimate of drug-likeness (QED) is 0.708. The first-order chi connectivity index (χ1) is 7.72. The van der Waals surface area contributed by atoms with E-state index in [9.17, 15) is 4.79 Å². The third-order valence-electron chi connectivity index (χ3n) is 3.75. The monoisotopic (exact) mass is 236 g/mol. The summed E-state index contributed by atoms with van der Waals surface area (Å²) in [7, 11) is 0. The Morgan fingerprint density at radius 3 is 2.75 bits per heavy atom. The van der Waals surface area contributed by atoms with Gasteiger partial charge in [-0.3, -0.25) is 4.79 Å². The third kappa shape index (κ3) is 2.37. The Morgan fingerprint density at radius 1 is 1.38 bits per heavy atom. The van der Waals surface area contributed by atoms with Crippen molar-refractivity contribution in [1.29, 1.82) is 0 Å². The highest BCUT2D eigenvalue weighted by Gasteiger charge is 2.30. The van der Waals surface area contributed by atoms with Gasteiger partial charge in [-0.1, -0.05) is 26.2 Å². The molecule has 0 bridgehead atoms. The smallest absolute Gasteiger partial charge is 0.176 e. The highest BCUT2D eigenvalue weighted by atomic mass is 32.1. The van der Waals surface area contributed by atoms with Crippen molar-refractivity contribution in [1.82, 2.24) is 0 Å². The number of carbonyl (C=O) groups excluding carboxylic acids is 1. The van der Waals surface area contributed by atoms with E-state index in [1.165, 1.54) is 24.1 Å². The molecule has 0 spiro atoms. The summed E-state index contributed by atoms with van der Waals surface area (Å²) in [5, 5.41) is 0. The number of rotatable bonds is 3. The molecule has 1 aromatic heterocycles. The van der Waals surface area contributed by atoms with Gasteiger partial charge in [-0.05, 0) is 37.8 Å². The molecule has 1 nitrogen and oxygen atoms in total. The molecule has 1 saturated carbocycles. The summed E-state index contributed by atoms with van der Waals surface area (Å²) in [6.45, 7) is 4.29. The van der Waals surface area contributed by atoms with Gasteiger partial charge in [0.05, 0.1) is 4.88 Å². The van der Waals surface area contributed by atoms with Gasteiger partial charge in [0.2, 0.25) is 0 Å². The number of hydrogen-bond donors (Lipinski definition) is 0. The van der Waals surface area contributed by atoms with Crippen LogP contribution in [0.5, 0.6) is 0 Å². The van der Waals surface area contributed by atoms with E-state index in [1.807, 2.05) is 6.07 Å². The Morgan fingerprint density at radius 2 is 2.12 bits per heavy atom. The standard InChI is InChI=1S/C14H20OS/c1-3-11-6-4-5-7-12(11)14(15)13-9-8-10(2)16-13/h8-9,11-12H,3-7H2,1-2H3. The van der Waals surface area contributed by atoms with Crippen LogP contribution in [0.1, 0.15) is 53.6 Å². The predicted octanol–water partition coefficient (Wildman–Crippen LogP) is 4.46. The Bertz CT molecular complexity index is 367. The summed E-state index contributed by atoms with van der Waals surface area (Å²) in [5.74, 6) is 1.34. The molecule has 1 fully saturated rings. The van der Waals surface area contributed by atoms with Gasteiger partial charge in [0.25, 0.3) is 0 Å². The summed E-state index contributed by atoms with van der Waals surface area (Å²) in [6, 6.07) is 4.06. The molecule has 0 aliphatic heterocycles. The zero-order chi connectivity index (χ0) is 11.5. The summed E-state index contributed by atoms with van der Waals surface area (Å²) in [4.78, 5) is 14.6. The summed E-state index contributed by atoms with van der Waals surface area (Å²) in [6.07, 6.45) is 6.05. The predicted molar refractivity (Wildman–Crippen MR) is 69.1 cm³/mol. The number of carbonyl (C=O) groups is 1. The van der Waals surface area contributed by atoms with Crippen LogP contribution >= 0.6 is 11.3 Å². The van der Waals surface area contributed by atoms with Crippen LogP contribution in [-0.4, -0.2) is 5.78 Å². The van der Waals surface area contributed by atoms with E-state index in [-0.39, 0.29) is 0 Å². The maximum Gasteiger partial charge on any atom is 0.176 e. The lowest BCUT2D eigenvalue weighted by Crippen LogP contribution is -2.26. The molecule has 88 valence electrons. The molecule has 0 aromatic carbocycles. The minimum absolute atomic E-state index is 0.303. The largest absolute Gasteiger partial charge is 0.293 e. The maximum absolute atomic E-state index is 12.4. The number of thiophene rings is 1. The van der Waals surface area contributed by atoms with Gasteiger partial charge >= 0.3 is 0 Å². The molecule has 0 N–H and O–H groups in total. The second-order valence-electron chi connectivity index (χ2n) is 4.83. The maximum atomic E-state index is 12.4. The van der Waals surface area contributed by atoms with E-state index in [2.05, 4.69) is 19.9 Å². The van der Waals surface area contributed by atoms with Crippen molar-refractivity contribution in [2.75, 3.05) is 0 Å². The molecule has 2 rings (SSSR count). The zero-order valence-corrected chi connectivity index (χ0v) is 11.0. The van der Waals surface area contributed by atoms with E-state index in [0.29, 0.717) is 17.6 Å². The minimum atomic E-state index is 0.303. The normalized spacial score (nSPS) is 25.6. The van der Waals surface area contributed by atoms with Crippen LogP contribution in [0.4, 0.5) is 0 Å². The van der Waals surface area contributed by atoms with Crippen molar-refractivity contribution in [3.63, 3.8) is 0 Å². The lowest BCUT2D eigenvalue weighted by molar-refractivity contribution is 0.0825. The van der Waals surface area contributed by atoms with Crippen molar-refractivity contribution in [3.05, 3.63) is 21.9 Å². The van der Waals surface area contributed by atoms with Crippen LogP contribution in [0.15, 0.2) is 12.1 Å². The zero-order valence-electron chi connectivity index (χ0n) is 10.2. The fourth-order valence-corrected chi connectivity index (χ4v) is 3.66. The number of ketones is 1. The van der Waals surface area contributed by atoms with Gasteiger partial charge in [0.15, 0.2) is 5.78 Å². The van der Waals surface area contributed by atoms with Crippen LogP contribution in [0.3, 0.4) is 0 Å². The van der Waals surface area contributed by atoms with Gasteiger partial charge in [-0.2, -0.15) is 0 Å². The molecular weight excluding hydrogens is 216 g/mol. The van der Waals surface area contributed by atoms with Crippen molar-refractivity contribution >= 4 is 17.1 Å². The molecule has 1 aliphatic carbocycles. The van der Waals surface area contributed by atoms with E-state index < -0.39 is 0 Å². The highest BCUT2D eigenvalue weighted by molar-refractivity contribution is 7.14. The molecule has 0 amide bonds. The Labute approximate surface area is 102 Å². The van der Waals surface area contributed by atoms with Crippen LogP contribution in [-0.2, 0) is 0 Å². The average Bonchev–Trinajstić information content (AvgIpc) is 2.75. The average molecular weight is 236 g/mol. The molecule has 1 aromatic rings. The second-order valence-corrected chi connectivity index (χ2v) is 6.12. The fourth-order valence-electron chi connectivity index (χ4n) is 2.79. The summed E-state index contributed by atoms with van der Waals surface area (Å²) in [5.41, 5.74) is 0. The van der Waals surface area contributed by atoms with Gasteiger partial charge in [0, 0.05) is 10.8 Å². The van der Waals surface area contributed by atoms with E-state index in [1.54, 1.807) is 11.3 Å². The topological polar surface area (TPSA) is 17.1 Å². The number of hydrogen-bond acceptors (Lipinski definition) is 2. The summed E-state index contributed by atoms with van der Waals surface area (Å²) >= 11 is 1.65. The van der Waals surface area contributed by atoms with Crippen molar-refractivity contribution in [2.45, 2.75) is 46.0 Å². The first-order valence-electron chi connectivity index (χ1n) is 6.33. The van der Waals surface area contributed by atoms with Gasteiger partial charge in [-0.25, -0.2) is 0 Å². The number of aryl methyl sites for hydroxylation is 1.